The number of hydrogen-bond acceptors (Lipinski definition) is 4. The van der Waals surface area contributed by atoms with E-state index in [2.05, 4.69) is 5.16 Å². The van der Waals surface area contributed by atoms with Crippen LogP contribution >= 0.6 is 0 Å². The van der Waals surface area contributed by atoms with Crippen molar-refractivity contribution in [3.05, 3.63) is 17.5 Å². The molecule has 1 rings (SSSR count). The monoisotopic (exact) mass is 156 g/mol. The zero-order chi connectivity index (χ0) is 8.27. The summed E-state index contributed by atoms with van der Waals surface area (Å²) in [4.78, 5) is 0. The van der Waals surface area contributed by atoms with E-state index >= 15 is 0 Å². The van der Waals surface area contributed by atoms with Gasteiger partial charge in [-0.3, -0.25) is 0 Å². The van der Waals surface area contributed by atoms with E-state index in [0.717, 1.165) is 5.56 Å². The van der Waals surface area contributed by atoms with Crippen molar-refractivity contribution in [3.8, 4) is 0 Å². The molecule has 4 nitrogen and oxygen atoms in total. The molecule has 4 heteroatoms. The lowest BCUT2D eigenvalue weighted by Gasteiger charge is -2.05. The van der Waals surface area contributed by atoms with Gasteiger partial charge in [0.1, 0.15) is 5.76 Å². The predicted molar refractivity (Wildman–Crippen MR) is 39.9 cm³/mol. The Bertz CT molecular complexity index is 222. The zero-order valence-corrected chi connectivity index (χ0v) is 6.45. The first-order chi connectivity index (χ1) is 5.25. The third-order valence-corrected chi connectivity index (χ3v) is 1.59. The standard InChI is InChI=1S/C7H12N2O2/c1-5-6(4-9-11-5)7(10)2-3-8/h4,7,10H,2-3,8H2,1H3/t7-/m0/s1. The maximum atomic E-state index is 9.41. The van der Waals surface area contributed by atoms with Gasteiger partial charge in [0.05, 0.1) is 12.3 Å². The molecular formula is C7H12N2O2. The average Bonchev–Trinajstić information content (AvgIpc) is 2.36. The number of aromatic nitrogens is 1. The topological polar surface area (TPSA) is 72.3 Å². The van der Waals surface area contributed by atoms with Crippen LogP contribution in [-0.2, 0) is 0 Å². The minimum Gasteiger partial charge on any atom is -0.388 e. The molecule has 3 N–H and O–H groups in total. The second kappa shape index (κ2) is 3.50. The molecule has 0 saturated heterocycles. The van der Waals surface area contributed by atoms with Crippen LogP contribution in [-0.4, -0.2) is 16.8 Å². The van der Waals surface area contributed by atoms with Gasteiger partial charge in [0, 0.05) is 5.56 Å². The van der Waals surface area contributed by atoms with E-state index in [1.165, 1.54) is 6.20 Å². The van der Waals surface area contributed by atoms with Crippen molar-refractivity contribution >= 4 is 0 Å². The first-order valence-electron chi connectivity index (χ1n) is 3.55. The molecule has 0 aliphatic heterocycles. The molecule has 1 aromatic heterocycles. The van der Waals surface area contributed by atoms with Crippen molar-refractivity contribution < 1.29 is 9.63 Å². The summed E-state index contributed by atoms with van der Waals surface area (Å²) in [5.74, 6) is 0.658. The Balaban J connectivity index is 2.67. The smallest absolute Gasteiger partial charge is 0.139 e. The molecule has 0 unspecified atom stereocenters. The number of aryl methyl sites for hydroxylation is 1. The molecule has 0 radical (unpaired) electrons. The third-order valence-electron chi connectivity index (χ3n) is 1.59. The minimum atomic E-state index is -0.536. The molecule has 0 bridgehead atoms. The highest BCUT2D eigenvalue weighted by atomic mass is 16.5. The average molecular weight is 156 g/mol. The number of nitrogens with zero attached hydrogens (tertiary/aromatic N) is 1. The van der Waals surface area contributed by atoms with E-state index in [1.807, 2.05) is 0 Å². The van der Waals surface area contributed by atoms with Crippen molar-refractivity contribution in [1.29, 1.82) is 0 Å². The predicted octanol–water partition coefficient (Wildman–Crippen LogP) is 0.365. The van der Waals surface area contributed by atoms with Crippen LogP contribution in [0.2, 0.25) is 0 Å². The molecule has 1 aromatic rings. The van der Waals surface area contributed by atoms with Crippen molar-refractivity contribution in [3.63, 3.8) is 0 Å². The fourth-order valence-corrected chi connectivity index (χ4v) is 0.940. The van der Waals surface area contributed by atoms with Gasteiger partial charge in [-0.25, -0.2) is 0 Å². The Morgan fingerprint density at radius 1 is 1.82 bits per heavy atom. The molecule has 1 heterocycles. The molecule has 0 fully saturated rings. The molecule has 0 saturated carbocycles. The molecule has 11 heavy (non-hydrogen) atoms. The molecular weight excluding hydrogens is 144 g/mol. The summed E-state index contributed by atoms with van der Waals surface area (Å²) in [6, 6.07) is 0. The molecule has 0 aliphatic rings. The van der Waals surface area contributed by atoms with E-state index in [-0.39, 0.29) is 0 Å². The maximum absolute atomic E-state index is 9.41. The summed E-state index contributed by atoms with van der Waals surface area (Å²) in [5, 5.41) is 13.0. The van der Waals surface area contributed by atoms with E-state index in [4.69, 9.17) is 10.3 Å². The van der Waals surface area contributed by atoms with Crippen LogP contribution in [0.5, 0.6) is 0 Å². The van der Waals surface area contributed by atoms with Crippen molar-refractivity contribution in [2.45, 2.75) is 19.4 Å². The van der Waals surface area contributed by atoms with E-state index < -0.39 is 6.10 Å². The lowest BCUT2D eigenvalue weighted by molar-refractivity contribution is 0.168. The summed E-state index contributed by atoms with van der Waals surface area (Å²) in [7, 11) is 0. The van der Waals surface area contributed by atoms with Crippen LogP contribution < -0.4 is 5.73 Å². The molecule has 0 spiro atoms. The Morgan fingerprint density at radius 2 is 2.55 bits per heavy atom. The van der Waals surface area contributed by atoms with Crippen LogP contribution in [0.1, 0.15) is 23.8 Å². The van der Waals surface area contributed by atoms with Crippen LogP contribution in [0.25, 0.3) is 0 Å². The van der Waals surface area contributed by atoms with Gasteiger partial charge in [-0.2, -0.15) is 0 Å². The van der Waals surface area contributed by atoms with Gasteiger partial charge in [-0.05, 0) is 19.9 Å². The SMILES string of the molecule is Cc1oncc1[C@@H](O)CCN. The Morgan fingerprint density at radius 3 is 3.00 bits per heavy atom. The first-order valence-corrected chi connectivity index (χ1v) is 3.55. The lowest BCUT2D eigenvalue weighted by atomic mass is 10.1. The summed E-state index contributed by atoms with van der Waals surface area (Å²) < 4.78 is 4.78. The second-order valence-electron chi connectivity index (χ2n) is 2.43. The summed E-state index contributed by atoms with van der Waals surface area (Å²) >= 11 is 0. The van der Waals surface area contributed by atoms with Crippen LogP contribution in [0.4, 0.5) is 0 Å². The number of aliphatic hydroxyl groups excluding tert-OH is 1. The summed E-state index contributed by atoms with van der Waals surface area (Å²) in [6.07, 6.45) is 1.53. The maximum Gasteiger partial charge on any atom is 0.139 e. The van der Waals surface area contributed by atoms with Gasteiger partial charge < -0.3 is 15.4 Å². The molecule has 1 atom stereocenters. The minimum absolute atomic E-state index is 0.464. The van der Waals surface area contributed by atoms with E-state index in [9.17, 15) is 5.11 Å². The Labute approximate surface area is 65.0 Å². The van der Waals surface area contributed by atoms with Gasteiger partial charge in [-0.15, -0.1) is 0 Å². The highest BCUT2D eigenvalue weighted by Gasteiger charge is 2.12. The normalized spacial score (nSPS) is 13.4. The van der Waals surface area contributed by atoms with Crippen LogP contribution in [0.15, 0.2) is 10.7 Å². The number of hydrogen-bond donors (Lipinski definition) is 2. The second-order valence-corrected chi connectivity index (χ2v) is 2.43. The number of aliphatic hydroxyl groups is 1. The van der Waals surface area contributed by atoms with Gasteiger partial charge in [0.2, 0.25) is 0 Å². The lowest BCUT2D eigenvalue weighted by Crippen LogP contribution is -2.06. The van der Waals surface area contributed by atoms with Crippen molar-refractivity contribution in [2.75, 3.05) is 6.54 Å². The van der Waals surface area contributed by atoms with Gasteiger partial charge in [0.25, 0.3) is 0 Å². The van der Waals surface area contributed by atoms with E-state index in [1.54, 1.807) is 6.92 Å². The quantitative estimate of drug-likeness (QED) is 0.663. The number of nitrogens with two attached hydrogens (primary N) is 1. The van der Waals surface area contributed by atoms with Gasteiger partial charge >= 0.3 is 0 Å². The molecule has 0 aromatic carbocycles. The van der Waals surface area contributed by atoms with Crippen molar-refractivity contribution in [1.82, 2.24) is 5.16 Å². The largest absolute Gasteiger partial charge is 0.388 e. The van der Waals surface area contributed by atoms with E-state index in [0.29, 0.717) is 18.7 Å². The zero-order valence-electron chi connectivity index (χ0n) is 6.45. The third kappa shape index (κ3) is 1.78. The highest BCUT2D eigenvalue weighted by molar-refractivity contribution is 5.14. The van der Waals surface area contributed by atoms with Crippen LogP contribution in [0.3, 0.4) is 0 Å². The number of rotatable bonds is 3. The van der Waals surface area contributed by atoms with Crippen molar-refractivity contribution in [2.24, 2.45) is 5.73 Å². The highest BCUT2D eigenvalue weighted by Crippen LogP contribution is 2.18. The van der Waals surface area contributed by atoms with Gasteiger partial charge in [0.15, 0.2) is 0 Å². The molecule has 0 aliphatic carbocycles. The fourth-order valence-electron chi connectivity index (χ4n) is 0.940. The van der Waals surface area contributed by atoms with Gasteiger partial charge in [-0.1, -0.05) is 5.16 Å². The Hall–Kier alpha value is -0.870. The summed E-state index contributed by atoms with van der Waals surface area (Å²) in [5.41, 5.74) is 6.01. The summed E-state index contributed by atoms with van der Waals surface area (Å²) in [6.45, 7) is 2.23. The van der Waals surface area contributed by atoms with Crippen LogP contribution in [0, 0.1) is 6.92 Å². The fraction of sp³-hybridized carbons (Fsp3) is 0.571. The molecule has 0 amide bonds. The first kappa shape index (κ1) is 8.23. The Kier molecular flexibility index (Phi) is 2.62. The molecule has 62 valence electrons.